The summed E-state index contributed by atoms with van der Waals surface area (Å²) in [6.07, 6.45) is 3.56. The zero-order chi connectivity index (χ0) is 19.9. The average molecular weight is 415 g/mol. The Bertz CT molecular complexity index is 1010. The highest BCUT2D eigenvalue weighted by molar-refractivity contribution is 7.17. The van der Waals surface area contributed by atoms with Gasteiger partial charge >= 0.3 is 5.97 Å². The monoisotopic (exact) mass is 415 g/mol. The summed E-state index contributed by atoms with van der Waals surface area (Å²) in [6, 6.07) is 13.2. The van der Waals surface area contributed by atoms with Crippen LogP contribution in [-0.4, -0.2) is 21.6 Å². The third kappa shape index (κ3) is 5.61. The highest BCUT2D eigenvalue weighted by Crippen LogP contribution is 2.17. The van der Waals surface area contributed by atoms with Crippen LogP contribution < -0.4 is 9.37 Å². The van der Waals surface area contributed by atoms with E-state index >= 15 is 0 Å². The third-order valence-corrected chi connectivity index (χ3v) is 4.57. The van der Waals surface area contributed by atoms with E-state index in [0.29, 0.717) is 5.01 Å². The van der Waals surface area contributed by atoms with E-state index in [1.807, 2.05) is 49.4 Å². The Morgan fingerprint density at radius 2 is 2.04 bits per heavy atom. The van der Waals surface area contributed by atoms with Gasteiger partial charge in [0.1, 0.15) is 11.6 Å². The van der Waals surface area contributed by atoms with Crippen molar-refractivity contribution in [3.63, 3.8) is 0 Å². The van der Waals surface area contributed by atoms with Crippen molar-refractivity contribution in [2.24, 2.45) is 10.3 Å². The maximum atomic E-state index is 12.0. The smallest absolute Gasteiger partial charge is 0.373 e. The van der Waals surface area contributed by atoms with E-state index in [9.17, 15) is 4.79 Å². The second-order valence-electron chi connectivity index (χ2n) is 5.95. The van der Waals surface area contributed by atoms with Crippen LogP contribution in [0, 0.1) is 5.41 Å². The van der Waals surface area contributed by atoms with Crippen molar-refractivity contribution in [3.8, 4) is 10.6 Å². The molecule has 2 unspecified atom stereocenters. The zero-order valence-electron chi connectivity index (χ0n) is 15.2. The number of benzene rings is 1. The molecular formula is C18H20N6O2PS+. The molecule has 3 rings (SSSR count). The van der Waals surface area contributed by atoms with Crippen LogP contribution in [0.4, 0.5) is 0 Å². The molecule has 0 saturated heterocycles. The molecule has 3 aromatic rings. The van der Waals surface area contributed by atoms with Crippen molar-refractivity contribution in [1.82, 2.24) is 9.89 Å². The largest absolute Gasteiger partial charge is 0.456 e. The fraction of sp³-hybridized carbons (Fsp3) is 0.222. The lowest BCUT2D eigenvalue weighted by molar-refractivity contribution is -0.685. The predicted molar refractivity (Wildman–Crippen MR) is 107 cm³/mol. The minimum absolute atomic E-state index is 0.0469. The van der Waals surface area contributed by atoms with Gasteiger partial charge in [0, 0.05) is 17.7 Å². The summed E-state index contributed by atoms with van der Waals surface area (Å²) in [5.41, 5.74) is 1.79. The molecule has 0 aliphatic heterocycles. The minimum Gasteiger partial charge on any atom is -0.456 e. The molecule has 2 heterocycles. The van der Waals surface area contributed by atoms with E-state index in [-0.39, 0.29) is 29.7 Å². The van der Waals surface area contributed by atoms with Gasteiger partial charge in [0.05, 0.1) is 5.78 Å². The van der Waals surface area contributed by atoms with Crippen LogP contribution in [0.1, 0.15) is 12.5 Å². The van der Waals surface area contributed by atoms with Crippen LogP contribution >= 0.6 is 20.6 Å². The lowest BCUT2D eigenvalue weighted by Gasteiger charge is -2.03. The molecule has 0 aliphatic rings. The molecule has 0 bridgehead atoms. The van der Waals surface area contributed by atoms with E-state index in [4.69, 9.17) is 10.1 Å². The number of hydrogen-bond donors (Lipinski definition) is 1. The first-order chi connectivity index (χ1) is 13.5. The van der Waals surface area contributed by atoms with Gasteiger partial charge < -0.3 is 4.74 Å². The van der Waals surface area contributed by atoms with E-state index in [1.165, 1.54) is 16.1 Å². The van der Waals surface area contributed by atoms with Crippen LogP contribution in [0.25, 0.3) is 10.6 Å². The summed E-state index contributed by atoms with van der Waals surface area (Å²) >= 11 is 1.20. The molecule has 1 N–H and O–H groups in total. The molecular weight excluding hydrogens is 395 g/mol. The van der Waals surface area contributed by atoms with E-state index in [2.05, 4.69) is 24.7 Å². The van der Waals surface area contributed by atoms with Crippen molar-refractivity contribution in [3.05, 3.63) is 65.2 Å². The van der Waals surface area contributed by atoms with Crippen molar-refractivity contribution < 1.29 is 14.1 Å². The molecule has 0 aliphatic carbocycles. The second kappa shape index (κ2) is 9.43. The van der Waals surface area contributed by atoms with Crippen molar-refractivity contribution in [1.29, 1.82) is 5.41 Å². The lowest BCUT2D eigenvalue weighted by Crippen LogP contribution is -2.37. The topological polar surface area (TPSA) is 96.6 Å². The quantitative estimate of drug-likeness (QED) is 0.278. The number of nitrogens with zero attached hydrogens (tertiary/aromatic N) is 5. The maximum absolute atomic E-state index is 12.0. The van der Waals surface area contributed by atoms with Gasteiger partial charge in [0.2, 0.25) is 11.3 Å². The minimum atomic E-state index is -0.311. The third-order valence-electron chi connectivity index (χ3n) is 3.57. The number of carbonyl (C=O) groups is 1. The van der Waals surface area contributed by atoms with Gasteiger partial charge in [-0.15, -0.1) is 19.1 Å². The van der Waals surface area contributed by atoms with Gasteiger partial charge in [-0.3, -0.25) is 5.41 Å². The number of carbonyl (C=O) groups excluding carboxylic acids is 1. The summed E-state index contributed by atoms with van der Waals surface area (Å²) in [6.45, 7) is 2.24. The van der Waals surface area contributed by atoms with E-state index in [0.717, 1.165) is 11.1 Å². The van der Waals surface area contributed by atoms with Crippen LogP contribution in [-0.2, 0) is 22.7 Å². The first kappa shape index (κ1) is 20.0. The van der Waals surface area contributed by atoms with Gasteiger partial charge in [-0.25, -0.2) is 4.79 Å². The highest BCUT2D eigenvalue weighted by Gasteiger charge is 2.13. The Balaban J connectivity index is 1.61. The predicted octanol–water partition coefficient (Wildman–Crippen LogP) is 2.56. The van der Waals surface area contributed by atoms with E-state index in [1.54, 1.807) is 17.0 Å². The first-order valence-corrected chi connectivity index (χ1v) is 10.00. The molecule has 0 spiro atoms. The fourth-order valence-electron chi connectivity index (χ4n) is 2.23. The van der Waals surface area contributed by atoms with Crippen LogP contribution in [0.15, 0.2) is 65.2 Å². The molecule has 10 heteroatoms. The Morgan fingerprint density at radius 3 is 2.71 bits per heavy atom. The number of hydrogen-bond acceptors (Lipinski definition) is 7. The number of pyridine rings is 1. The standard InChI is InChI=1S/C18H20N6O2PS/c1-13(27)20-22-24-18(19)28-17(21-24)15-7-9-23(10-8-15)11-16(25)26-12-14-5-3-2-4-6-14/h2-10,13,19H,11-12,27H2,1H3/q+1/b19-18?,22-20-. The van der Waals surface area contributed by atoms with Gasteiger partial charge in [-0.05, 0) is 17.7 Å². The van der Waals surface area contributed by atoms with Crippen LogP contribution in [0.3, 0.4) is 0 Å². The number of nitrogens with one attached hydrogen (secondary N) is 1. The van der Waals surface area contributed by atoms with Crippen molar-refractivity contribution in [2.45, 2.75) is 25.9 Å². The summed E-state index contributed by atoms with van der Waals surface area (Å²) in [5.74, 6) is -0.358. The Kier molecular flexibility index (Phi) is 6.73. The summed E-state index contributed by atoms with van der Waals surface area (Å²) < 4.78 is 7.02. The molecule has 8 nitrogen and oxygen atoms in total. The average Bonchev–Trinajstić information content (AvgIpc) is 3.07. The zero-order valence-corrected chi connectivity index (χ0v) is 17.2. The summed E-state index contributed by atoms with van der Waals surface area (Å²) in [7, 11) is 2.51. The molecule has 28 heavy (non-hydrogen) atoms. The summed E-state index contributed by atoms with van der Waals surface area (Å²) in [4.78, 5) is 13.4. The molecule has 2 atom stereocenters. The molecule has 0 saturated carbocycles. The lowest BCUT2D eigenvalue weighted by atomic mass is 10.2. The molecule has 1 aromatic carbocycles. The SMILES string of the molecule is CC(P)/N=N\n1nc(-c2cc[n+](CC(=O)OCc3ccccc3)cc2)sc1=N. The number of ether oxygens (including phenoxy) is 1. The maximum Gasteiger partial charge on any atom is 0.373 e. The van der Waals surface area contributed by atoms with Gasteiger partial charge in [-0.1, -0.05) is 41.7 Å². The van der Waals surface area contributed by atoms with Gasteiger partial charge in [0.25, 0.3) is 0 Å². The number of aromatic nitrogens is 3. The summed E-state index contributed by atoms with van der Waals surface area (Å²) in [5, 5.41) is 20.8. The molecule has 144 valence electrons. The highest BCUT2D eigenvalue weighted by atomic mass is 32.1. The Hall–Kier alpha value is -2.77. The molecule has 2 aromatic heterocycles. The first-order valence-electron chi connectivity index (χ1n) is 8.52. The number of rotatable bonds is 7. The molecule has 0 fully saturated rings. The normalized spacial score (nSPS) is 12.2. The fourth-order valence-corrected chi connectivity index (χ4v) is 3.00. The van der Waals surface area contributed by atoms with Gasteiger partial charge in [-0.2, -0.15) is 9.68 Å². The molecule has 0 amide bonds. The molecule has 0 radical (unpaired) electrons. The Morgan fingerprint density at radius 1 is 1.32 bits per heavy atom. The van der Waals surface area contributed by atoms with Crippen LogP contribution in [0.5, 0.6) is 0 Å². The van der Waals surface area contributed by atoms with Gasteiger partial charge in [0.15, 0.2) is 12.4 Å². The second-order valence-corrected chi connectivity index (χ2v) is 7.90. The van der Waals surface area contributed by atoms with E-state index < -0.39 is 0 Å². The van der Waals surface area contributed by atoms with Crippen molar-refractivity contribution in [2.75, 3.05) is 0 Å². The number of esters is 1. The Labute approximate surface area is 168 Å². The van der Waals surface area contributed by atoms with Crippen LogP contribution in [0.2, 0.25) is 0 Å². The van der Waals surface area contributed by atoms with Crippen molar-refractivity contribution >= 4 is 26.5 Å².